The molecule has 0 aliphatic heterocycles. The van der Waals surface area contributed by atoms with Crippen LogP contribution in [-0.4, -0.2) is 64.0 Å². The number of carbonyl (C=O) groups is 5. The number of nitrogens with one attached hydrogen (secondary N) is 4. The number of fused-ring (bicyclic) bond motifs is 1. The number of carbonyl (C=O) groups excluding carboxylic acids is 4. The van der Waals surface area contributed by atoms with E-state index < -0.39 is 71.9 Å². The quantitative estimate of drug-likeness (QED) is 0.159. The highest BCUT2D eigenvalue weighted by atomic mass is 19.2. The molecule has 0 aliphatic carbocycles. The van der Waals surface area contributed by atoms with E-state index in [4.69, 9.17) is 4.42 Å². The Balaban J connectivity index is 1.71. The van der Waals surface area contributed by atoms with Gasteiger partial charge in [-0.2, -0.15) is 0 Å². The first-order chi connectivity index (χ1) is 20.7. The van der Waals surface area contributed by atoms with Gasteiger partial charge in [-0.15, -0.1) is 0 Å². The largest absolute Gasteiger partial charge is 0.481 e. The summed E-state index contributed by atoms with van der Waals surface area (Å²) in [4.78, 5) is 63.6. The number of carboxylic acids is 1. The Labute approximate surface area is 251 Å². The molecule has 12 nitrogen and oxygen atoms in total. The van der Waals surface area contributed by atoms with E-state index in [9.17, 15) is 43.0 Å². The minimum Gasteiger partial charge on any atom is -0.481 e. The van der Waals surface area contributed by atoms with E-state index in [0.29, 0.717) is 11.0 Å². The third-order valence-electron chi connectivity index (χ3n) is 6.50. The maximum Gasteiger partial charge on any atom is 0.305 e. The first-order valence-corrected chi connectivity index (χ1v) is 13.8. The number of halogens is 2. The third-order valence-corrected chi connectivity index (χ3v) is 6.50. The zero-order valence-electron chi connectivity index (χ0n) is 24.2. The Morgan fingerprint density at radius 1 is 0.841 bits per heavy atom. The van der Waals surface area contributed by atoms with Gasteiger partial charge < -0.3 is 35.9 Å². The highest BCUT2D eigenvalue weighted by molar-refractivity contribution is 6.00. The lowest BCUT2D eigenvalue weighted by atomic mass is 10.0. The van der Waals surface area contributed by atoms with Gasteiger partial charge in [-0.25, -0.2) is 8.78 Å². The average molecular weight is 617 g/mol. The van der Waals surface area contributed by atoms with Gasteiger partial charge in [-0.1, -0.05) is 38.1 Å². The van der Waals surface area contributed by atoms with Crippen LogP contribution in [0.3, 0.4) is 0 Å². The van der Waals surface area contributed by atoms with Crippen LogP contribution < -0.4 is 21.3 Å². The van der Waals surface area contributed by atoms with Crippen molar-refractivity contribution in [2.45, 2.75) is 64.4 Å². The van der Waals surface area contributed by atoms with Crippen LogP contribution in [0, 0.1) is 17.6 Å². The van der Waals surface area contributed by atoms with Crippen molar-refractivity contribution < 1.29 is 47.4 Å². The summed E-state index contributed by atoms with van der Waals surface area (Å²) < 4.78 is 32.2. The minimum atomic E-state index is -1.70. The van der Waals surface area contributed by atoms with Gasteiger partial charge in [0.05, 0.1) is 12.5 Å². The molecular weight excluding hydrogens is 582 g/mol. The molecule has 236 valence electrons. The summed E-state index contributed by atoms with van der Waals surface area (Å²) in [6.07, 6.45) is -2.23. The van der Waals surface area contributed by atoms with Crippen molar-refractivity contribution in [3.05, 3.63) is 71.5 Å². The molecule has 0 radical (unpaired) electrons. The lowest BCUT2D eigenvalue weighted by Gasteiger charge is -2.26. The van der Waals surface area contributed by atoms with Crippen molar-refractivity contribution in [1.82, 2.24) is 21.3 Å². The van der Waals surface area contributed by atoms with Crippen molar-refractivity contribution >= 4 is 40.6 Å². The molecule has 2 aromatic carbocycles. The normalized spacial score (nSPS) is 13.9. The molecule has 0 bridgehead atoms. The molecule has 4 atom stereocenters. The predicted octanol–water partition coefficient (Wildman–Crippen LogP) is 2.00. The summed E-state index contributed by atoms with van der Waals surface area (Å²) in [6.45, 7) is 4.51. The van der Waals surface area contributed by atoms with Crippen LogP contribution in [0.15, 0.2) is 52.9 Å². The van der Waals surface area contributed by atoms with E-state index in [1.54, 1.807) is 38.1 Å². The zero-order valence-corrected chi connectivity index (χ0v) is 24.2. The number of furan rings is 1. The van der Waals surface area contributed by atoms with E-state index in [2.05, 4.69) is 21.3 Å². The van der Waals surface area contributed by atoms with Crippen LogP contribution in [0.4, 0.5) is 8.78 Å². The maximum absolute atomic E-state index is 13.5. The lowest BCUT2D eigenvalue weighted by Crippen LogP contribution is -2.59. The van der Waals surface area contributed by atoms with Crippen LogP contribution in [-0.2, 0) is 25.7 Å². The number of carboxylic acid groups (broad SMARTS) is 1. The number of hydrogen-bond donors (Lipinski definition) is 6. The fourth-order valence-corrected chi connectivity index (χ4v) is 4.29. The molecule has 3 rings (SSSR count). The minimum absolute atomic E-state index is 0.0539. The highest BCUT2D eigenvalue weighted by Gasteiger charge is 2.33. The standard InChI is InChI=1S/C30H34F2N4O8/c1-15(2)10-21(35-29(42)24-12-18-6-4-5-7-23(18)44-24)27(40)34-22(13-25(38)39)28(41)36-26(16(3)37)30(43)33-14-17-8-9-19(31)20(32)11-17/h4-9,11-12,15-16,21-22,26,37H,10,13-14H2,1-3H3,(H,33,43)(H,34,40)(H,35,42)(H,36,41)(H,38,39)/t16-,21+,22+,26+/m1/s1. The molecule has 0 unspecified atom stereocenters. The molecular formula is C30H34F2N4O8. The third kappa shape index (κ3) is 9.33. The van der Waals surface area contributed by atoms with Crippen LogP contribution in [0.1, 0.15) is 49.7 Å². The molecule has 4 amide bonds. The Morgan fingerprint density at radius 3 is 2.14 bits per heavy atom. The number of hydrogen-bond acceptors (Lipinski definition) is 7. The smallest absolute Gasteiger partial charge is 0.305 e. The molecule has 1 heterocycles. The number of para-hydroxylation sites is 1. The average Bonchev–Trinajstić information content (AvgIpc) is 3.39. The fourth-order valence-electron chi connectivity index (χ4n) is 4.29. The molecule has 14 heteroatoms. The highest BCUT2D eigenvalue weighted by Crippen LogP contribution is 2.19. The van der Waals surface area contributed by atoms with Crippen LogP contribution in [0.25, 0.3) is 11.0 Å². The second-order valence-corrected chi connectivity index (χ2v) is 10.7. The van der Waals surface area contributed by atoms with E-state index in [1.165, 1.54) is 19.1 Å². The topological polar surface area (TPSA) is 187 Å². The van der Waals surface area contributed by atoms with Crippen LogP contribution in [0.2, 0.25) is 0 Å². The summed E-state index contributed by atoms with van der Waals surface area (Å²) in [5, 5.41) is 29.7. The molecule has 0 spiro atoms. The second-order valence-electron chi connectivity index (χ2n) is 10.7. The number of benzene rings is 2. The number of amides is 4. The van der Waals surface area contributed by atoms with Crippen LogP contribution in [0.5, 0.6) is 0 Å². The molecule has 0 saturated heterocycles. The Hall–Kier alpha value is -4.85. The van der Waals surface area contributed by atoms with Gasteiger partial charge in [0, 0.05) is 11.9 Å². The van der Waals surface area contributed by atoms with Gasteiger partial charge in [0.2, 0.25) is 17.7 Å². The number of rotatable bonds is 14. The molecule has 0 aliphatic rings. The molecule has 6 N–H and O–H groups in total. The van der Waals surface area contributed by atoms with E-state index in [-0.39, 0.29) is 30.2 Å². The van der Waals surface area contributed by atoms with Crippen molar-refractivity contribution in [2.75, 3.05) is 0 Å². The van der Waals surface area contributed by atoms with Crippen molar-refractivity contribution in [1.29, 1.82) is 0 Å². The van der Waals surface area contributed by atoms with Gasteiger partial charge >= 0.3 is 5.97 Å². The van der Waals surface area contributed by atoms with Gasteiger partial charge in [0.25, 0.3) is 5.91 Å². The van der Waals surface area contributed by atoms with E-state index >= 15 is 0 Å². The van der Waals surface area contributed by atoms with Gasteiger partial charge in [-0.3, -0.25) is 24.0 Å². The number of aliphatic hydroxyl groups is 1. The van der Waals surface area contributed by atoms with E-state index in [0.717, 1.165) is 12.1 Å². The molecule has 1 aromatic heterocycles. The molecule has 44 heavy (non-hydrogen) atoms. The van der Waals surface area contributed by atoms with Gasteiger partial charge in [0.1, 0.15) is 23.7 Å². The van der Waals surface area contributed by atoms with E-state index in [1.807, 2.05) is 0 Å². The first kappa shape index (κ1) is 33.6. The molecule has 3 aromatic rings. The fraction of sp³-hybridized carbons (Fsp3) is 0.367. The Morgan fingerprint density at radius 2 is 1.52 bits per heavy atom. The van der Waals surface area contributed by atoms with Gasteiger partial charge in [0.15, 0.2) is 17.4 Å². The van der Waals surface area contributed by atoms with Crippen molar-refractivity contribution in [3.8, 4) is 0 Å². The number of aliphatic hydroxyl groups excluding tert-OH is 1. The predicted molar refractivity (Wildman–Crippen MR) is 153 cm³/mol. The second kappa shape index (κ2) is 15.0. The van der Waals surface area contributed by atoms with Crippen molar-refractivity contribution in [2.24, 2.45) is 5.92 Å². The monoisotopic (exact) mass is 616 g/mol. The summed E-state index contributed by atoms with van der Waals surface area (Å²) in [6, 6.07) is 6.90. The lowest BCUT2D eigenvalue weighted by molar-refractivity contribution is -0.141. The number of aliphatic carboxylic acids is 1. The summed E-state index contributed by atoms with van der Waals surface area (Å²) in [5.41, 5.74) is 0.659. The summed E-state index contributed by atoms with van der Waals surface area (Å²) >= 11 is 0. The van der Waals surface area contributed by atoms with Crippen LogP contribution >= 0.6 is 0 Å². The van der Waals surface area contributed by atoms with Crippen molar-refractivity contribution in [3.63, 3.8) is 0 Å². The molecule has 0 fully saturated rings. The molecule has 0 saturated carbocycles. The summed E-state index contributed by atoms with van der Waals surface area (Å²) in [7, 11) is 0. The summed E-state index contributed by atoms with van der Waals surface area (Å²) in [5.74, 6) is -7.38. The zero-order chi connectivity index (χ0) is 32.6. The Kier molecular flexibility index (Phi) is 11.5. The SMILES string of the molecule is CC(C)C[C@H](NC(=O)c1cc2ccccc2o1)C(=O)N[C@@H](CC(=O)O)C(=O)N[C@H](C(=O)NCc1ccc(F)c(F)c1)[C@@H](C)O. The first-order valence-electron chi connectivity index (χ1n) is 13.8. The Bertz CT molecular complexity index is 1490. The van der Waals surface area contributed by atoms with Gasteiger partial charge in [-0.05, 0) is 49.1 Å². The maximum atomic E-state index is 13.5.